The monoisotopic (exact) mass is 342 g/mol. The van der Waals surface area contributed by atoms with E-state index in [0.717, 1.165) is 17.7 Å². The van der Waals surface area contributed by atoms with Gasteiger partial charge < -0.3 is 14.7 Å². The molecular weight excluding hydrogens is 324 g/mol. The molecule has 2 aromatic rings. The first-order chi connectivity index (χ1) is 12.0. The number of methoxy groups -OCH3 is 1. The Hall–Kier alpha value is -3.09. The average Bonchev–Trinajstić information content (AvgIpc) is 3.11. The Bertz CT molecular complexity index is 821. The third-order valence-electron chi connectivity index (χ3n) is 4.50. The summed E-state index contributed by atoms with van der Waals surface area (Å²) in [6, 6.07) is 11.7. The number of nitro groups is 1. The number of para-hydroxylation sites is 2. The molecule has 7 nitrogen and oxygen atoms in total. The number of ether oxygens (including phenoxy) is 1. The van der Waals surface area contributed by atoms with Crippen LogP contribution >= 0.6 is 0 Å². The third-order valence-corrected chi connectivity index (χ3v) is 4.50. The molecule has 1 heterocycles. The van der Waals surface area contributed by atoms with Crippen LogP contribution in [0.15, 0.2) is 42.5 Å². The number of amides is 1. The molecule has 0 radical (unpaired) electrons. The topological polar surface area (TPSA) is 92.9 Å². The number of carbonyl (C=O) groups excluding carboxylic acids is 1. The van der Waals surface area contributed by atoms with Crippen molar-refractivity contribution in [3.63, 3.8) is 0 Å². The Labute approximate surface area is 144 Å². The van der Waals surface area contributed by atoms with Crippen LogP contribution in [0, 0.1) is 10.1 Å². The van der Waals surface area contributed by atoms with Crippen LogP contribution in [0.4, 0.5) is 5.69 Å². The van der Waals surface area contributed by atoms with Crippen molar-refractivity contribution >= 4 is 11.6 Å². The molecule has 0 unspecified atom stereocenters. The molecule has 1 saturated heterocycles. The molecule has 7 heteroatoms. The highest BCUT2D eigenvalue weighted by Gasteiger charge is 2.32. The minimum Gasteiger partial charge on any atom is -0.502 e. The molecule has 0 saturated carbocycles. The normalized spacial score (nSPS) is 16.7. The van der Waals surface area contributed by atoms with Crippen molar-refractivity contribution in [2.24, 2.45) is 0 Å². The van der Waals surface area contributed by atoms with Gasteiger partial charge in [0.15, 0.2) is 0 Å². The van der Waals surface area contributed by atoms with Gasteiger partial charge in [0.1, 0.15) is 5.75 Å². The van der Waals surface area contributed by atoms with Gasteiger partial charge in [-0.05, 0) is 24.1 Å². The number of likely N-dealkylation sites (tertiary alicyclic amines) is 1. The maximum Gasteiger partial charge on any atom is 0.311 e. The largest absolute Gasteiger partial charge is 0.502 e. The number of hydrogen-bond acceptors (Lipinski definition) is 5. The van der Waals surface area contributed by atoms with E-state index in [1.54, 1.807) is 12.0 Å². The molecule has 1 fully saturated rings. The van der Waals surface area contributed by atoms with Gasteiger partial charge >= 0.3 is 5.69 Å². The van der Waals surface area contributed by atoms with Gasteiger partial charge in [-0.15, -0.1) is 0 Å². The molecule has 3 rings (SSSR count). The molecule has 0 bridgehead atoms. The van der Waals surface area contributed by atoms with Gasteiger partial charge in [-0.25, -0.2) is 0 Å². The molecule has 0 spiro atoms. The van der Waals surface area contributed by atoms with Crippen LogP contribution in [-0.2, 0) is 0 Å². The second kappa shape index (κ2) is 6.80. The van der Waals surface area contributed by atoms with E-state index < -0.39 is 22.3 Å². The highest BCUT2D eigenvalue weighted by atomic mass is 16.6. The van der Waals surface area contributed by atoms with Crippen molar-refractivity contribution in [1.29, 1.82) is 0 Å². The quantitative estimate of drug-likeness (QED) is 0.681. The molecule has 1 amide bonds. The number of hydrogen-bond donors (Lipinski definition) is 1. The molecule has 0 aliphatic carbocycles. The zero-order valence-corrected chi connectivity index (χ0v) is 13.7. The molecule has 2 aromatic carbocycles. The van der Waals surface area contributed by atoms with Gasteiger partial charge in [0.25, 0.3) is 5.91 Å². The highest BCUT2D eigenvalue weighted by molar-refractivity contribution is 5.98. The van der Waals surface area contributed by atoms with E-state index >= 15 is 0 Å². The summed E-state index contributed by atoms with van der Waals surface area (Å²) in [7, 11) is 1.61. The Kier molecular flexibility index (Phi) is 4.56. The number of carbonyl (C=O) groups is 1. The highest BCUT2D eigenvalue weighted by Crippen LogP contribution is 2.36. The number of phenolic OH excluding ortho intramolecular Hbond substituents is 1. The van der Waals surface area contributed by atoms with E-state index in [0.29, 0.717) is 13.1 Å². The first-order valence-corrected chi connectivity index (χ1v) is 7.91. The zero-order chi connectivity index (χ0) is 18.0. The molecule has 25 heavy (non-hydrogen) atoms. The van der Waals surface area contributed by atoms with Gasteiger partial charge in [0, 0.05) is 25.1 Å². The molecule has 1 aliphatic rings. The smallest absolute Gasteiger partial charge is 0.311 e. The molecule has 1 N–H and O–H groups in total. The van der Waals surface area contributed by atoms with E-state index in [1.165, 1.54) is 18.2 Å². The molecule has 0 aromatic heterocycles. The lowest BCUT2D eigenvalue weighted by Crippen LogP contribution is -2.28. The summed E-state index contributed by atoms with van der Waals surface area (Å²) in [6.45, 7) is 0.991. The van der Waals surface area contributed by atoms with Gasteiger partial charge in [-0.2, -0.15) is 0 Å². The summed E-state index contributed by atoms with van der Waals surface area (Å²) in [5.74, 6) is -0.0854. The van der Waals surface area contributed by atoms with Gasteiger partial charge in [-0.1, -0.05) is 24.3 Å². The SMILES string of the molecule is COc1ccccc1[C@@H]1CCN(C(=O)c2cccc([N+](=O)[O-])c2O)C1. The third kappa shape index (κ3) is 3.13. The van der Waals surface area contributed by atoms with Gasteiger partial charge in [-0.3, -0.25) is 14.9 Å². The Morgan fingerprint density at radius 1 is 1.28 bits per heavy atom. The summed E-state index contributed by atoms with van der Waals surface area (Å²) >= 11 is 0. The van der Waals surface area contributed by atoms with Crippen LogP contribution < -0.4 is 4.74 Å². The van der Waals surface area contributed by atoms with Crippen molar-refractivity contribution in [2.75, 3.05) is 20.2 Å². The lowest BCUT2D eigenvalue weighted by atomic mass is 9.97. The number of nitro benzene ring substituents is 1. The van der Waals surface area contributed by atoms with Crippen molar-refractivity contribution in [1.82, 2.24) is 4.90 Å². The zero-order valence-electron chi connectivity index (χ0n) is 13.7. The summed E-state index contributed by atoms with van der Waals surface area (Å²) in [6.07, 6.45) is 0.766. The van der Waals surface area contributed by atoms with Crippen molar-refractivity contribution in [2.45, 2.75) is 12.3 Å². The summed E-state index contributed by atoms with van der Waals surface area (Å²) < 4.78 is 5.38. The van der Waals surface area contributed by atoms with Crippen LogP contribution in [-0.4, -0.2) is 41.0 Å². The fourth-order valence-electron chi connectivity index (χ4n) is 3.22. The van der Waals surface area contributed by atoms with Crippen LogP contribution in [0.25, 0.3) is 0 Å². The van der Waals surface area contributed by atoms with Crippen molar-refractivity contribution in [3.8, 4) is 11.5 Å². The minimum absolute atomic E-state index is 0.0464. The van der Waals surface area contributed by atoms with Crippen molar-refractivity contribution < 1.29 is 19.6 Å². The predicted octanol–water partition coefficient (Wildman–Crippen LogP) is 2.94. The van der Waals surface area contributed by atoms with Gasteiger partial charge in [0.05, 0.1) is 17.6 Å². The van der Waals surface area contributed by atoms with E-state index in [1.807, 2.05) is 24.3 Å². The van der Waals surface area contributed by atoms with Crippen LogP contribution in [0.3, 0.4) is 0 Å². The Balaban J connectivity index is 1.82. The fraction of sp³-hybridized carbons (Fsp3) is 0.278. The Morgan fingerprint density at radius 3 is 2.76 bits per heavy atom. The van der Waals surface area contributed by atoms with E-state index in [4.69, 9.17) is 4.74 Å². The summed E-state index contributed by atoms with van der Waals surface area (Å²) in [4.78, 5) is 24.5. The maximum absolute atomic E-state index is 12.7. The number of benzene rings is 2. The number of rotatable bonds is 4. The van der Waals surface area contributed by atoms with Crippen LogP contribution in [0.1, 0.15) is 28.3 Å². The minimum atomic E-state index is -0.701. The van der Waals surface area contributed by atoms with Gasteiger partial charge in [0.2, 0.25) is 5.75 Å². The summed E-state index contributed by atoms with van der Waals surface area (Å²) in [5, 5.41) is 21.0. The van der Waals surface area contributed by atoms with E-state index in [9.17, 15) is 20.0 Å². The van der Waals surface area contributed by atoms with E-state index in [-0.39, 0.29) is 11.5 Å². The number of aromatic hydroxyl groups is 1. The molecule has 1 aliphatic heterocycles. The lowest BCUT2D eigenvalue weighted by Gasteiger charge is -2.18. The first kappa shape index (κ1) is 16.8. The molecule has 1 atom stereocenters. The fourth-order valence-corrected chi connectivity index (χ4v) is 3.22. The summed E-state index contributed by atoms with van der Waals surface area (Å²) in [5.41, 5.74) is 0.518. The maximum atomic E-state index is 12.7. The number of nitrogens with zero attached hydrogens (tertiary/aromatic N) is 2. The first-order valence-electron chi connectivity index (χ1n) is 7.91. The van der Waals surface area contributed by atoms with Crippen molar-refractivity contribution in [3.05, 3.63) is 63.7 Å². The second-order valence-electron chi connectivity index (χ2n) is 5.91. The molecule has 130 valence electrons. The standard InChI is InChI=1S/C18H18N2O5/c1-25-16-8-3-2-5-13(16)12-9-10-19(11-12)18(22)14-6-4-7-15(17(14)21)20(23)24/h2-8,12,21H,9-11H2,1H3/t12-/m1/s1. The van der Waals surface area contributed by atoms with Crippen LogP contribution in [0.5, 0.6) is 11.5 Å². The Morgan fingerprint density at radius 2 is 2.04 bits per heavy atom. The van der Waals surface area contributed by atoms with E-state index in [2.05, 4.69) is 0 Å². The second-order valence-corrected chi connectivity index (χ2v) is 5.91. The average molecular weight is 342 g/mol. The molecular formula is C18H18N2O5. The van der Waals surface area contributed by atoms with Crippen LogP contribution in [0.2, 0.25) is 0 Å². The predicted molar refractivity (Wildman–Crippen MR) is 91.0 cm³/mol. The number of phenols is 1. The lowest BCUT2D eigenvalue weighted by molar-refractivity contribution is -0.385.